The van der Waals surface area contributed by atoms with E-state index in [-0.39, 0.29) is 28.1 Å². The highest BCUT2D eigenvalue weighted by Crippen LogP contribution is 2.40. The zero-order valence-corrected chi connectivity index (χ0v) is 15.0. The Hall–Kier alpha value is -1.87. The fraction of sp³-hybridized carbons (Fsp3) is 0.471. The van der Waals surface area contributed by atoms with E-state index in [2.05, 4.69) is 16.7 Å². The number of methoxy groups -OCH3 is 1. The smallest absolute Gasteiger partial charge is 0.383 e. The van der Waals surface area contributed by atoms with Crippen LogP contribution in [0.2, 0.25) is 0 Å². The van der Waals surface area contributed by atoms with Gasteiger partial charge >= 0.3 is 6.18 Å². The summed E-state index contributed by atoms with van der Waals surface area (Å²) in [5, 5.41) is 4.07. The Labute approximate surface area is 153 Å². The monoisotopic (exact) mass is 386 g/mol. The number of carbonyl (C=O) groups is 1. The number of nitrogens with zero attached hydrogens (tertiary/aromatic N) is 2. The number of anilines is 1. The van der Waals surface area contributed by atoms with Gasteiger partial charge < -0.3 is 15.0 Å². The number of hydrogen-bond acceptors (Lipinski definition) is 5. The van der Waals surface area contributed by atoms with Crippen molar-refractivity contribution in [2.45, 2.75) is 19.0 Å². The Bertz CT molecular complexity index is 785. The number of piperidine rings is 1. The molecule has 141 valence electrons. The van der Waals surface area contributed by atoms with Crippen LogP contribution in [0.4, 0.5) is 19.0 Å². The third-order valence-corrected chi connectivity index (χ3v) is 5.18. The first-order valence-electron chi connectivity index (χ1n) is 8.25. The Morgan fingerprint density at radius 1 is 1.38 bits per heavy atom. The number of amides is 1. The summed E-state index contributed by atoms with van der Waals surface area (Å²) >= 11 is 0.891. The summed E-state index contributed by atoms with van der Waals surface area (Å²) in [5.74, 6) is -0.180. The van der Waals surface area contributed by atoms with Crippen LogP contribution in [0.25, 0.3) is 10.2 Å². The second-order valence-electron chi connectivity index (χ2n) is 5.95. The van der Waals surface area contributed by atoms with E-state index in [1.165, 1.54) is 12.5 Å². The van der Waals surface area contributed by atoms with E-state index < -0.39 is 17.6 Å². The van der Waals surface area contributed by atoms with Crippen LogP contribution in [-0.4, -0.2) is 44.2 Å². The summed E-state index contributed by atoms with van der Waals surface area (Å²) in [6.45, 7) is 1.84. The number of hydrogen-bond donors (Lipinski definition) is 1. The molecular formula is C17H19F3N3O2S. The minimum absolute atomic E-state index is 0.0123. The molecule has 3 rings (SSSR count). The fourth-order valence-corrected chi connectivity index (χ4v) is 3.89. The van der Waals surface area contributed by atoms with Gasteiger partial charge in [-0.25, -0.2) is 4.98 Å². The van der Waals surface area contributed by atoms with Gasteiger partial charge in [-0.15, -0.1) is 11.3 Å². The molecule has 3 heterocycles. The van der Waals surface area contributed by atoms with E-state index in [1.807, 2.05) is 4.90 Å². The molecule has 1 aliphatic heterocycles. The number of fused-ring (bicyclic) bond motifs is 1. The maximum atomic E-state index is 13.6. The third-order valence-electron chi connectivity index (χ3n) is 4.18. The highest BCUT2D eigenvalue weighted by atomic mass is 32.1. The summed E-state index contributed by atoms with van der Waals surface area (Å²) in [7, 11) is 1.51. The third kappa shape index (κ3) is 3.93. The van der Waals surface area contributed by atoms with Gasteiger partial charge in [0.15, 0.2) is 0 Å². The number of rotatable bonds is 5. The lowest BCUT2D eigenvalue weighted by Crippen LogP contribution is -2.31. The minimum atomic E-state index is -4.51. The zero-order valence-electron chi connectivity index (χ0n) is 14.2. The standard InChI is InChI=1S/C17H19F3N3O2S/c1-25-8-5-21-16(24)11-10-26-15-12(17(18,19)20)9-13(22-14(11)15)23-6-3-2-4-7-23/h2,9-10H,3-8H2,1H3,(H,21,24). The largest absolute Gasteiger partial charge is 0.417 e. The fourth-order valence-electron chi connectivity index (χ4n) is 2.87. The molecule has 9 heteroatoms. The minimum Gasteiger partial charge on any atom is -0.383 e. The summed E-state index contributed by atoms with van der Waals surface area (Å²) in [5.41, 5.74) is -0.477. The van der Waals surface area contributed by atoms with Crippen molar-refractivity contribution in [3.63, 3.8) is 0 Å². The van der Waals surface area contributed by atoms with Gasteiger partial charge in [0.1, 0.15) is 5.82 Å². The highest BCUT2D eigenvalue weighted by molar-refractivity contribution is 7.17. The van der Waals surface area contributed by atoms with Gasteiger partial charge in [-0.2, -0.15) is 13.2 Å². The maximum absolute atomic E-state index is 13.6. The predicted molar refractivity (Wildman–Crippen MR) is 94.6 cm³/mol. The first-order valence-corrected chi connectivity index (χ1v) is 9.13. The zero-order chi connectivity index (χ0) is 18.7. The number of carbonyl (C=O) groups excluding carboxylic acids is 1. The van der Waals surface area contributed by atoms with Gasteiger partial charge in [-0.05, 0) is 25.3 Å². The molecule has 1 aliphatic rings. The number of aromatic nitrogens is 1. The van der Waals surface area contributed by atoms with Crippen LogP contribution in [0.3, 0.4) is 0 Å². The van der Waals surface area contributed by atoms with Crippen molar-refractivity contribution in [1.82, 2.24) is 10.3 Å². The van der Waals surface area contributed by atoms with Gasteiger partial charge in [0.05, 0.1) is 28.0 Å². The van der Waals surface area contributed by atoms with Crippen molar-refractivity contribution in [2.24, 2.45) is 0 Å². The number of pyridine rings is 1. The van der Waals surface area contributed by atoms with Crippen LogP contribution < -0.4 is 10.2 Å². The molecule has 1 radical (unpaired) electrons. The van der Waals surface area contributed by atoms with Gasteiger partial charge in [0.2, 0.25) is 0 Å². The number of alkyl halides is 3. The molecule has 0 atom stereocenters. The Morgan fingerprint density at radius 3 is 2.77 bits per heavy atom. The molecule has 1 amide bonds. The maximum Gasteiger partial charge on any atom is 0.417 e. The summed E-state index contributed by atoms with van der Waals surface area (Å²) in [6.07, 6.45) is -0.796. The van der Waals surface area contributed by atoms with Crippen LogP contribution in [0.1, 0.15) is 28.8 Å². The molecule has 1 saturated heterocycles. The average molecular weight is 386 g/mol. The molecule has 0 saturated carbocycles. The SMILES string of the molecule is COCCNC(=O)c1csc2c(C(F)(F)F)cc(N3CC[CH]CC3)nc12. The first-order chi connectivity index (χ1) is 12.4. The molecule has 0 aliphatic carbocycles. The summed E-state index contributed by atoms with van der Waals surface area (Å²) in [6, 6.07) is 1.09. The molecular weight excluding hydrogens is 367 g/mol. The second kappa shape index (κ2) is 7.79. The number of halogens is 3. The number of thiophene rings is 1. The van der Waals surface area contributed by atoms with Gasteiger partial charge in [-0.3, -0.25) is 4.79 Å². The number of ether oxygens (including phenoxy) is 1. The van der Waals surface area contributed by atoms with E-state index in [0.29, 0.717) is 19.7 Å². The molecule has 2 aromatic heterocycles. The molecule has 0 bridgehead atoms. The normalized spacial score (nSPS) is 15.5. The predicted octanol–water partition coefficient (Wildman–Crippen LogP) is 3.50. The van der Waals surface area contributed by atoms with Crippen molar-refractivity contribution in [3.8, 4) is 0 Å². The van der Waals surface area contributed by atoms with Crippen LogP contribution >= 0.6 is 11.3 Å². The Balaban J connectivity index is 2.04. The molecule has 1 N–H and O–H groups in total. The lowest BCUT2D eigenvalue weighted by atomic mass is 10.1. The lowest BCUT2D eigenvalue weighted by Gasteiger charge is -2.28. The van der Waals surface area contributed by atoms with Gasteiger partial charge in [0.25, 0.3) is 5.91 Å². The molecule has 2 aromatic rings. The molecule has 0 aromatic carbocycles. The lowest BCUT2D eigenvalue weighted by molar-refractivity contribution is -0.136. The molecule has 5 nitrogen and oxygen atoms in total. The Kier molecular flexibility index (Phi) is 5.67. The summed E-state index contributed by atoms with van der Waals surface area (Å²) < 4.78 is 45.5. The van der Waals surface area contributed by atoms with Crippen molar-refractivity contribution in [2.75, 3.05) is 38.3 Å². The molecule has 1 fully saturated rings. The second-order valence-corrected chi connectivity index (χ2v) is 6.83. The van der Waals surface area contributed by atoms with Crippen LogP contribution in [0.15, 0.2) is 11.4 Å². The van der Waals surface area contributed by atoms with Crippen LogP contribution in [0, 0.1) is 6.42 Å². The van der Waals surface area contributed by atoms with E-state index in [9.17, 15) is 18.0 Å². The molecule has 26 heavy (non-hydrogen) atoms. The first kappa shape index (κ1) is 18.9. The van der Waals surface area contributed by atoms with E-state index in [0.717, 1.165) is 30.2 Å². The Morgan fingerprint density at radius 2 is 2.12 bits per heavy atom. The van der Waals surface area contributed by atoms with E-state index in [4.69, 9.17) is 4.74 Å². The average Bonchev–Trinajstić information content (AvgIpc) is 3.05. The topological polar surface area (TPSA) is 54.5 Å². The quantitative estimate of drug-likeness (QED) is 0.800. The highest BCUT2D eigenvalue weighted by Gasteiger charge is 2.35. The van der Waals surface area contributed by atoms with E-state index >= 15 is 0 Å². The summed E-state index contributed by atoms with van der Waals surface area (Å²) in [4.78, 5) is 18.6. The molecule has 0 unspecified atom stereocenters. The van der Waals surface area contributed by atoms with Crippen molar-refractivity contribution in [3.05, 3.63) is 29.0 Å². The molecule has 0 spiro atoms. The van der Waals surface area contributed by atoms with Gasteiger partial charge in [0, 0.05) is 32.1 Å². The van der Waals surface area contributed by atoms with Crippen molar-refractivity contribution >= 4 is 33.3 Å². The van der Waals surface area contributed by atoms with Gasteiger partial charge in [-0.1, -0.05) is 0 Å². The van der Waals surface area contributed by atoms with Crippen molar-refractivity contribution in [1.29, 1.82) is 0 Å². The van der Waals surface area contributed by atoms with Crippen LogP contribution in [0.5, 0.6) is 0 Å². The number of nitrogens with one attached hydrogen (secondary N) is 1. The van der Waals surface area contributed by atoms with E-state index in [1.54, 1.807) is 0 Å². The van der Waals surface area contributed by atoms with Crippen molar-refractivity contribution < 1.29 is 22.7 Å². The van der Waals surface area contributed by atoms with Crippen LogP contribution in [-0.2, 0) is 10.9 Å².